The molecule has 1 aliphatic heterocycles. The van der Waals surface area contributed by atoms with Gasteiger partial charge in [-0.3, -0.25) is 9.69 Å². The van der Waals surface area contributed by atoms with Gasteiger partial charge in [-0.2, -0.15) is 0 Å². The smallest absolute Gasteiger partial charge is 0.234 e. The summed E-state index contributed by atoms with van der Waals surface area (Å²) in [6.07, 6.45) is 3.62. The fraction of sp³-hybridized carbons (Fsp3) is 0.611. The molecular formula is C18H27N3O. The monoisotopic (exact) mass is 301 g/mol. The number of carbonyl (C=O) groups excluding carboxylic acids is 1. The molecule has 0 aromatic heterocycles. The van der Waals surface area contributed by atoms with Crippen molar-refractivity contribution in [3.63, 3.8) is 0 Å². The van der Waals surface area contributed by atoms with E-state index in [-0.39, 0.29) is 5.91 Å². The van der Waals surface area contributed by atoms with E-state index in [0.717, 1.165) is 32.0 Å². The van der Waals surface area contributed by atoms with Crippen LogP contribution in [0.1, 0.15) is 31.7 Å². The Kier molecular flexibility index (Phi) is 4.67. The molecular weight excluding hydrogens is 274 g/mol. The second-order valence-corrected chi connectivity index (χ2v) is 6.72. The zero-order chi connectivity index (χ0) is 15.5. The highest BCUT2D eigenvalue weighted by atomic mass is 16.2. The minimum atomic E-state index is 0.174. The third-order valence-corrected chi connectivity index (χ3v) is 4.88. The van der Waals surface area contributed by atoms with Crippen LogP contribution in [-0.2, 0) is 11.3 Å². The Balaban J connectivity index is 1.69. The second-order valence-electron chi connectivity index (χ2n) is 6.72. The first-order valence-electron chi connectivity index (χ1n) is 8.47. The summed E-state index contributed by atoms with van der Waals surface area (Å²) < 4.78 is 0. The number of amides is 1. The van der Waals surface area contributed by atoms with Crippen LogP contribution in [0.3, 0.4) is 0 Å². The second kappa shape index (κ2) is 6.69. The minimum Gasteiger partial charge on any atom is -0.373 e. The number of hydrogen-bond donors (Lipinski definition) is 1. The Morgan fingerprint density at radius 3 is 2.82 bits per heavy atom. The van der Waals surface area contributed by atoms with Crippen molar-refractivity contribution in [2.24, 2.45) is 5.92 Å². The lowest BCUT2D eigenvalue weighted by Gasteiger charge is -2.30. The lowest BCUT2D eigenvalue weighted by Crippen LogP contribution is -2.45. The average molecular weight is 301 g/mol. The molecule has 0 spiro atoms. The topological polar surface area (TPSA) is 35.6 Å². The molecule has 1 aromatic rings. The van der Waals surface area contributed by atoms with Gasteiger partial charge in [0.25, 0.3) is 0 Å². The summed E-state index contributed by atoms with van der Waals surface area (Å²) in [4.78, 5) is 16.9. The van der Waals surface area contributed by atoms with Crippen molar-refractivity contribution in [1.29, 1.82) is 0 Å². The summed E-state index contributed by atoms with van der Waals surface area (Å²) in [7, 11) is 2.15. The number of likely N-dealkylation sites (N-methyl/N-ethyl adjacent to an activating group) is 1. The van der Waals surface area contributed by atoms with Gasteiger partial charge in [0.15, 0.2) is 0 Å². The van der Waals surface area contributed by atoms with Gasteiger partial charge in [-0.1, -0.05) is 25.1 Å². The van der Waals surface area contributed by atoms with Crippen molar-refractivity contribution in [1.82, 2.24) is 10.2 Å². The van der Waals surface area contributed by atoms with Crippen LogP contribution in [0, 0.1) is 5.92 Å². The highest BCUT2D eigenvalue weighted by molar-refractivity contribution is 5.78. The zero-order valence-corrected chi connectivity index (χ0v) is 13.7. The summed E-state index contributed by atoms with van der Waals surface area (Å²) in [6, 6.07) is 8.96. The van der Waals surface area contributed by atoms with Crippen LogP contribution in [0.25, 0.3) is 0 Å². The van der Waals surface area contributed by atoms with Gasteiger partial charge >= 0.3 is 0 Å². The van der Waals surface area contributed by atoms with Crippen molar-refractivity contribution < 1.29 is 4.79 Å². The number of carbonyl (C=O) groups is 1. The van der Waals surface area contributed by atoms with Gasteiger partial charge in [0.1, 0.15) is 0 Å². The van der Waals surface area contributed by atoms with Crippen molar-refractivity contribution in [3.05, 3.63) is 29.8 Å². The number of para-hydroxylation sites is 1. The predicted molar refractivity (Wildman–Crippen MR) is 89.9 cm³/mol. The van der Waals surface area contributed by atoms with Crippen LogP contribution in [0.4, 0.5) is 5.69 Å². The molecule has 1 aromatic carbocycles. The first-order valence-corrected chi connectivity index (χ1v) is 8.47. The van der Waals surface area contributed by atoms with Crippen LogP contribution in [-0.4, -0.2) is 43.5 Å². The molecule has 120 valence electrons. The number of fused-ring (bicyclic) bond motifs is 1. The fourth-order valence-electron chi connectivity index (χ4n) is 3.29. The lowest BCUT2D eigenvalue weighted by atomic mass is 10.1. The van der Waals surface area contributed by atoms with Crippen LogP contribution in [0.5, 0.6) is 0 Å². The zero-order valence-electron chi connectivity index (χ0n) is 13.7. The number of nitrogens with one attached hydrogen (secondary N) is 1. The summed E-state index contributed by atoms with van der Waals surface area (Å²) in [5.41, 5.74) is 2.61. The molecule has 22 heavy (non-hydrogen) atoms. The average Bonchev–Trinajstić information content (AvgIpc) is 3.34. The molecule has 4 heteroatoms. The maximum absolute atomic E-state index is 12.2. The maximum Gasteiger partial charge on any atom is 0.234 e. The summed E-state index contributed by atoms with van der Waals surface area (Å²) in [5, 5.41) is 3.10. The number of anilines is 1. The molecule has 1 unspecified atom stereocenters. The quantitative estimate of drug-likeness (QED) is 0.906. The number of rotatable bonds is 5. The van der Waals surface area contributed by atoms with E-state index in [9.17, 15) is 4.79 Å². The first-order chi connectivity index (χ1) is 10.7. The normalized spacial score (nSPS) is 22.1. The van der Waals surface area contributed by atoms with E-state index < -0.39 is 0 Å². The third-order valence-electron chi connectivity index (χ3n) is 4.88. The van der Waals surface area contributed by atoms with Gasteiger partial charge in [-0.15, -0.1) is 0 Å². The van der Waals surface area contributed by atoms with Crippen LogP contribution >= 0.6 is 0 Å². The molecule has 3 rings (SSSR count). The van der Waals surface area contributed by atoms with Crippen molar-refractivity contribution in [3.8, 4) is 0 Å². The third kappa shape index (κ3) is 3.61. The van der Waals surface area contributed by atoms with Crippen molar-refractivity contribution in [2.75, 3.05) is 31.6 Å². The lowest BCUT2D eigenvalue weighted by molar-refractivity contribution is -0.123. The van der Waals surface area contributed by atoms with Gasteiger partial charge < -0.3 is 10.2 Å². The Bertz CT molecular complexity index is 527. The van der Waals surface area contributed by atoms with Crippen molar-refractivity contribution in [2.45, 2.75) is 38.8 Å². The minimum absolute atomic E-state index is 0.174. The molecule has 1 fully saturated rings. The molecule has 0 saturated heterocycles. The summed E-state index contributed by atoms with van der Waals surface area (Å²) in [6.45, 7) is 5.41. The van der Waals surface area contributed by atoms with E-state index in [2.05, 4.69) is 53.4 Å². The SMILES string of the molecule is CCC1CN(C)c2ccccc2CN1CC(=O)NCC1CC1. The molecule has 0 bridgehead atoms. The first kappa shape index (κ1) is 15.3. The fourth-order valence-corrected chi connectivity index (χ4v) is 3.29. The van der Waals surface area contributed by atoms with Gasteiger partial charge in [-0.05, 0) is 36.8 Å². The summed E-state index contributed by atoms with van der Waals surface area (Å²) >= 11 is 0. The predicted octanol–water partition coefficient (Wildman–Crippen LogP) is 2.24. The molecule has 1 heterocycles. The van der Waals surface area contributed by atoms with Crippen LogP contribution < -0.4 is 10.2 Å². The molecule has 1 amide bonds. The Hall–Kier alpha value is -1.55. The van der Waals surface area contributed by atoms with E-state index in [1.54, 1.807) is 0 Å². The molecule has 1 N–H and O–H groups in total. The van der Waals surface area contributed by atoms with Crippen LogP contribution in [0.15, 0.2) is 24.3 Å². The number of benzene rings is 1. The van der Waals surface area contributed by atoms with E-state index in [4.69, 9.17) is 0 Å². The molecule has 0 radical (unpaired) electrons. The molecule has 1 aliphatic carbocycles. The van der Waals surface area contributed by atoms with Gasteiger partial charge in [-0.25, -0.2) is 0 Å². The molecule has 1 atom stereocenters. The van der Waals surface area contributed by atoms with Crippen LogP contribution in [0.2, 0.25) is 0 Å². The number of hydrogen-bond acceptors (Lipinski definition) is 3. The van der Waals surface area contributed by atoms with E-state index in [1.807, 2.05) is 0 Å². The van der Waals surface area contributed by atoms with Gasteiger partial charge in [0.2, 0.25) is 5.91 Å². The Morgan fingerprint density at radius 2 is 2.09 bits per heavy atom. The highest BCUT2D eigenvalue weighted by Crippen LogP contribution is 2.28. The van der Waals surface area contributed by atoms with E-state index in [1.165, 1.54) is 24.1 Å². The molecule has 1 saturated carbocycles. The Morgan fingerprint density at radius 1 is 1.32 bits per heavy atom. The van der Waals surface area contributed by atoms with Gasteiger partial charge in [0.05, 0.1) is 6.54 Å². The largest absolute Gasteiger partial charge is 0.373 e. The van der Waals surface area contributed by atoms with Crippen molar-refractivity contribution >= 4 is 11.6 Å². The summed E-state index contributed by atoms with van der Waals surface area (Å²) in [5.74, 6) is 0.911. The van der Waals surface area contributed by atoms with E-state index >= 15 is 0 Å². The van der Waals surface area contributed by atoms with Gasteiger partial charge in [0, 0.05) is 38.4 Å². The standard InChI is InChI=1S/C18H27N3O/c1-3-16-12-20(2)17-7-5-4-6-15(17)11-21(16)13-18(22)19-10-14-8-9-14/h4-7,14,16H,3,8-13H2,1-2H3,(H,19,22). The number of nitrogens with zero attached hydrogens (tertiary/aromatic N) is 2. The maximum atomic E-state index is 12.2. The molecule has 2 aliphatic rings. The van der Waals surface area contributed by atoms with E-state index in [0.29, 0.717) is 12.6 Å². The highest BCUT2D eigenvalue weighted by Gasteiger charge is 2.27. The Labute approximate surface area is 133 Å². The molecule has 4 nitrogen and oxygen atoms in total.